The molecule has 2 aromatic rings. The lowest BCUT2D eigenvalue weighted by Crippen LogP contribution is -2.50. The minimum Gasteiger partial charge on any atom is -0.461 e. The third-order valence-corrected chi connectivity index (χ3v) is 5.70. The molecule has 1 aliphatic carbocycles. The van der Waals surface area contributed by atoms with Crippen LogP contribution in [0, 0.1) is 5.41 Å². The summed E-state index contributed by atoms with van der Waals surface area (Å²) in [5.41, 5.74) is 5.15. The van der Waals surface area contributed by atoms with Crippen molar-refractivity contribution in [3.05, 3.63) is 34.4 Å². The zero-order valence-electron chi connectivity index (χ0n) is 17.5. The second-order valence-electron chi connectivity index (χ2n) is 8.86. The Balaban J connectivity index is 1.94. The van der Waals surface area contributed by atoms with E-state index in [0.717, 1.165) is 18.4 Å². The lowest BCUT2D eigenvalue weighted by Gasteiger charge is -2.36. The average Bonchev–Trinajstić information content (AvgIpc) is 3.43. The monoisotopic (exact) mass is 484 g/mol. The van der Waals surface area contributed by atoms with Crippen molar-refractivity contribution in [2.75, 3.05) is 0 Å². The fraction of sp³-hybridized carbons (Fsp3) is 0.571. The SMILES string of the molecule is CC(C)OC(=O)[C@@](N)(CC(C)(C)C(F)F)c1ccc(-c2nn(C3CC3)nc2Br)cc1. The van der Waals surface area contributed by atoms with E-state index in [4.69, 9.17) is 10.5 Å². The molecule has 1 saturated carbocycles. The maximum Gasteiger partial charge on any atom is 0.331 e. The van der Waals surface area contributed by atoms with Crippen molar-refractivity contribution in [3.63, 3.8) is 0 Å². The molecule has 0 spiro atoms. The van der Waals surface area contributed by atoms with Crippen LogP contribution in [-0.2, 0) is 15.1 Å². The van der Waals surface area contributed by atoms with E-state index in [1.807, 2.05) is 0 Å². The van der Waals surface area contributed by atoms with Crippen LogP contribution >= 0.6 is 15.9 Å². The maximum absolute atomic E-state index is 13.6. The lowest BCUT2D eigenvalue weighted by molar-refractivity contribution is -0.157. The summed E-state index contributed by atoms with van der Waals surface area (Å²) in [5.74, 6) is -0.722. The number of esters is 1. The van der Waals surface area contributed by atoms with Gasteiger partial charge in [-0.1, -0.05) is 38.1 Å². The molecule has 1 aromatic heterocycles. The highest BCUT2D eigenvalue weighted by molar-refractivity contribution is 9.10. The number of carbonyl (C=O) groups is 1. The topological polar surface area (TPSA) is 83.0 Å². The van der Waals surface area contributed by atoms with Gasteiger partial charge in [-0.25, -0.2) is 13.6 Å². The first kappa shape index (κ1) is 22.8. The van der Waals surface area contributed by atoms with Gasteiger partial charge in [0, 0.05) is 11.0 Å². The van der Waals surface area contributed by atoms with E-state index in [2.05, 4.69) is 26.1 Å². The maximum atomic E-state index is 13.6. The fourth-order valence-electron chi connectivity index (χ4n) is 3.28. The van der Waals surface area contributed by atoms with Gasteiger partial charge < -0.3 is 10.5 Å². The summed E-state index contributed by atoms with van der Waals surface area (Å²) >= 11 is 3.44. The number of benzene rings is 1. The number of hydrogen-bond donors (Lipinski definition) is 1. The predicted molar refractivity (Wildman–Crippen MR) is 113 cm³/mol. The smallest absolute Gasteiger partial charge is 0.331 e. The molecule has 1 aromatic carbocycles. The molecule has 0 aliphatic heterocycles. The summed E-state index contributed by atoms with van der Waals surface area (Å²) in [6.45, 7) is 6.17. The number of halogens is 3. The van der Waals surface area contributed by atoms with Crippen molar-refractivity contribution < 1.29 is 18.3 Å². The van der Waals surface area contributed by atoms with E-state index in [-0.39, 0.29) is 6.42 Å². The van der Waals surface area contributed by atoms with Crippen molar-refractivity contribution in [1.82, 2.24) is 15.0 Å². The summed E-state index contributed by atoms with van der Waals surface area (Å²) in [6, 6.07) is 7.21. The Morgan fingerprint density at radius 1 is 1.27 bits per heavy atom. The van der Waals surface area contributed by atoms with Crippen molar-refractivity contribution in [1.29, 1.82) is 0 Å². The highest BCUT2D eigenvalue weighted by Crippen LogP contribution is 2.40. The highest BCUT2D eigenvalue weighted by atomic mass is 79.9. The standard InChI is InChI=1S/C21H27BrF2N4O2/c1-12(2)30-19(29)21(25,11-20(3,4)18(23)24)14-7-5-13(6-8-14)16-17(22)27-28(26-16)15-9-10-15/h5-8,12,15,18H,9-11,25H2,1-4H3/t21-/m1/s1. The number of carbonyl (C=O) groups excluding carboxylic acids is 1. The molecule has 30 heavy (non-hydrogen) atoms. The first-order valence-corrected chi connectivity index (χ1v) is 10.7. The van der Waals surface area contributed by atoms with E-state index in [1.165, 1.54) is 13.8 Å². The zero-order chi connectivity index (χ0) is 22.3. The van der Waals surface area contributed by atoms with Crippen LogP contribution < -0.4 is 5.73 Å². The molecule has 0 unspecified atom stereocenters. The van der Waals surface area contributed by atoms with Crippen LogP contribution in [0.15, 0.2) is 28.9 Å². The Kier molecular flexibility index (Phi) is 6.34. The molecule has 1 aliphatic rings. The van der Waals surface area contributed by atoms with Gasteiger partial charge in [0.15, 0.2) is 4.60 Å². The van der Waals surface area contributed by atoms with Gasteiger partial charge >= 0.3 is 5.97 Å². The van der Waals surface area contributed by atoms with Gasteiger partial charge in [0.2, 0.25) is 6.43 Å². The molecule has 0 radical (unpaired) electrons. The van der Waals surface area contributed by atoms with E-state index < -0.39 is 29.5 Å². The van der Waals surface area contributed by atoms with Crippen molar-refractivity contribution in [2.45, 2.75) is 71.1 Å². The molecule has 1 heterocycles. The number of ether oxygens (including phenoxy) is 1. The van der Waals surface area contributed by atoms with E-state index >= 15 is 0 Å². The normalized spacial score (nSPS) is 16.7. The quantitative estimate of drug-likeness (QED) is 0.542. The summed E-state index contributed by atoms with van der Waals surface area (Å²) in [4.78, 5) is 14.5. The first-order chi connectivity index (χ1) is 13.9. The summed E-state index contributed by atoms with van der Waals surface area (Å²) in [7, 11) is 0. The number of nitrogens with two attached hydrogens (primary N) is 1. The van der Waals surface area contributed by atoms with Gasteiger partial charge in [-0.05, 0) is 54.6 Å². The molecule has 2 N–H and O–H groups in total. The van der Waals surface area contributed by atoms with Gasteiger partial charge in [-0.2, -0.15) is 9.90 Å². The number of nitrogens with zero attached hydrogens (tertiary/aromatic N) is 3. The van der Waals surface area contributed by atoms with Crippen LogP contribution in [0.5, 0.6) is 0 Å². The number of hydrogen-bond acceptors (Lipinski definition) is 5. The summed E-state index contributed by atoms with van der Waals surface area (Å²) in [5, 5.41) is 8.92. The zero-order valence-corrected chi connectivity index (χ0v) is 19.1. The van der Waals surface area contributed by atoms with Crippen molar-refractivity contribution in [3.8, 4) is 11.3 Å². The van der Waals surface area contributed by atoms with Gasteiger partial charge in [-0.3, -0.25) is 0 Å². The van der Waals surface area contributed by atoms with Gasteiger partial charge in [0.25, 0.3) is 0 Å². The molecule has 1 atom stereocenters. The Morgan fingerprint density at radius 2 is 1.87 bits per heavy atom. The van der Waals surface area contributed by atoms with Crippen LogP contribution in [0.25, 0.3) is 11.3 Å². The van der Waals surface area contributed by atoms with Crippen molar-refractivity contribution >= 4 is 21.9 Å². The third kappa shape index (κ3) is 4.72. The largest absolute Gasteiger partial charge is 0.461 e. The number of aromatic nitrogens is 3. The van der Waals surface area contributed by atoms with Gasteiger partial charge in [-0.15, -0.1) is 5.10 Å². The van der Waals surface area contributed by atoms with E-state index in [9.17, 15) is 13.6 Å². The molecule has 9 heteroatoms. The summed E-state index contributed by atoms with van der Waals surface area (Å²) in [6.07, 6.45) is -1.19. The minimum atomic E-state index is -2.64. The molecule has 3 rings (SSSR count). The second kappa shape index (κ2) is 8.34. The lowest BCUT2D eigenvalue weighted by atomic mass is 9.75. The van der Waals surface area contributed by atoms with Crippen LogP contribution in [0.1, 0.15) is 58.6 Å². The molecule has 6 nitrogen and oxygen atoms in total. The minimum absolute atomic E-state index is 0.260. The number of alkyl halides is 2. The average molecular weight is 485 g/mol. The molecule has 1 fully saturated rings. The Morgan fingerprint density at radius 3 is 2.37 bits per heavy atom. The van der Waals surface area contributed by atoms with Crippen LogP contribution in [0.2, 0.25) is 0 Å². The predicted octanol–water partition coefficient (Wildman–Crippen LogP) is 4.83. The highest BCUT2D eigenvalue weighted by Gasteiger charge is 2.46. The van der Waals surface area contributed by atoms with E-state index in [1.54, 1.807) is 42.9 Å². The molecule has 0 amide bonds. The molecule has 0 saturated heterocycles. The summed E-state index contributed by atoms with van der Waals surface area (Å²) < 4.78 is 33.1. The number of rotatable bonds is 8. The fourth-order valence-corrected chi connectivity index (χ4v) is 3.75. The van der Waals surface area contributed by atoms with Crippen LogP contribution in [0.4, 0.5) is 8.78 Å². The van der Waals surface area contributed by atoms with Crippen LogP contribution in [-0.4, -0.2) is 33.5 Å². The van der Waals surface area contributed by atoms with E-state index in [0.29, 0.717) is 21.9 Å². The molecule has 0 bridgehead atoms. The van der Waals surface area contributed by atoms with Gasteiger partial charge in [0.1, 0.15) is 11.2 Å². The Labute approximate surface area is 183 Å². The van der Waals surface area contributed by atoms with Crippen LogP contribution in [0.3, 0.4) is 0 Å². The second-order valence-corrected chi connectivity index (χ2v) is 9.61. The van der Waals surface area contributed by atoms with Gasteiger partial charge in [0.05, 0.1) is 12.1 Å². The molecule has 164 valence electrons. The third-order valence-electron chi connectivity index (χ3n) is 5.17. The Bertz CT molecular complexity index is 910. The van der Waals surface area contributed by atoms with Crippen molar-refractivity contribution in [2.24, 2.45) is 11.1 Å². The molecular weight excluding hydrogens is 458 g/mol. The molecular formula is C21H27BrF2N4O2. The first-order valence-electron chi connectivity index (χ1n) is 9.95. The Hall–Kier alpha value is -1.87.